The summed E-state index contributed by atoms with van der Waals surface area (Å²) in [5, 5.41) is 2.89. The van der Waals surface area contributed by atoms with Crippen molar-refractivity contribution in [3.63, 3.8) is 0 Å². The molecule has 26 heavy (non-hydrogen) atoms. The van der Waals surface area contributed by atoms with Crippen LogP contribution in [0.4, 0.5) is 11.5 Å². The number of nitrogens with zero attached hydrogens (tertiary/aromatic N) is 1. The van der Waals surface area contributed by atoms with Crippen molar-refractivity contribution < 1.29 is 4.79 Å². The minimum atomic E-state index is -0.241. The van der Waals surface area contributed by atoms with E-state index in [9.17, 15) is 4.79 Å². The van der Waals surface area contributed by atoms with Gasteiger partial charge in [-0.1, -0.05) is 42.5 Å². The van der Waals surface area contributed by atoms with Gasteiger partial charge in [0.1, 0.15) is 5.82 Å². The van der Waals surface area contributed by atoms with Crippen LogP contribution >= 0.6 is 0 Å². The molecule has 4 heteroatoms. The Kier molecular flexibility index (Phi) is 5.32. The summed E-state index contributed by atoms with van der Waals surface area (Å²) in [7, 11) is 0. The molecule has 0 aliphatic carbocycles. The Hall–Kier alpha value is -3.14. The molecule has 3 aromatic rings. The fraction of sp³-hybridized carbons (Fsp3) is 0.182. The third kappa shape index (κ3) is 4.28. The normalized spacial score (nSPS) is 10.5. The average molecular weight is 345 g/mol. The first-order chi connectivity index (χ1) is 12.5. The zero-order valence-corrected chi connectivity index (χ0v) is 15.1. The highest BCUT2D eigenvalue weighted by Gasteiger charge is 2.13. The molecule has 0 saturated heterocycles. The van der Waals surface area contributed by atoms with Gasteiger partial charge in [0.05, 0.1) is 5.56 Å². The second-order valence-electron chi connectivity index (χ2n) is 6.46. The molecule has 0 unspecified atom stereocenters. The second-order valence-corrected chi connectivity index (χ2v) is 6.46. The minimum absolute atomic E-state index is 0.241. The number of aryl methyl sites for hydroxylation is 4. The summed E-state index contributed by atoms with van der Waals surface area (Å²) in [4.78, 5) is 16.7. The fourth-order valence-corrected chi connectivity index (χ4v) is 2.79. The first-order valence-corrected chi connectivity index (χ1v) is 8.71. The number of aromatic nitrogens is 1. The predicted octanol–water partition coefficient (Wildman–Crippen LogP) is 4.32. The largest absolute Gasteiger partial charge is 0.383 e. The lowest BCUT2D eigenvalue weighted by Crippen LogP contribution is -2.15. The van der Waals surface area contributed by atoms with Gasteiger partial charge in [0, 0.05) is 11.4 Å². The lowest BCUT2D eigenvalue weighted by atomic mass is 10.0. The van der Waals surface area contributed by atoms with E-state index in [0.29, 0.717) is 5.56 Å². The van der Waals surface area contributed by atoms with Crippen molar-refractivity contribution in [2.75, 3.05) is 11.1 Å². The fourth-order valence-electron chi connectivity index (χ4n) is 2.79. The standard InChI is InChI=1S/C22H23N3O/c1-15-14-20(21(23)24-16(15)2)22(26)25-19-12-10-18(11-13-19)9-8-17-6-4-3-5-7-17/h3-7,10-14H,8-9H2,1-2H3,(H2,23,24)(H,25,26). The number of rotatable bonds is 5. The Balaban J connectivity index is 1.64. The van der Waals surface area contributed by atoms with Gasteiger partial charge >= 0.3 is 0 Å². The lowest BCUT2D eigenvalue weighted by molar-refractivity contribution is 0.102. The summed E-state index contributed by atoms with van der Waals surface area (Å²) >= 11 is 0. The molecule has 1 heterocycles. The molecule has 1 amide bonds. The molecule has 132 valence electrons. The number of carbonyl (C=O) groups is 1. The molecule has 0 atom stereocenters. The number of amides is 1. The van der Waals surface area contributed by atoms with Crippen molar-refractivity contribution in [2.45, 2.75) is 26.7 Å². The summed E-state index contributed by atoms with van der Waals surface area (Å²) in [6.07, 6.45) is 1.96. The van der Waals surface area contributed by atoms with Gasteiger partial charge in [-0.25, -0.2) is 4.98 Å². The molecular formula is C22H23N3O. The highest BCUT2D eigenvalue weighted by molar-refractivity contribution is 6.07. The van der Waals surface area contributed by atoms with Crippen molar-refractivity contribution in [1.82, 2.24) is 4.98 Å². The van der Waals surface area contributed by atoms with Crippen LogP contribution in [-0.4, -0.2) is 10.9 Å². The molecule has 0 spiro atoms. The van der Waals surface area contributed by atoms with Crippen LogP contribution in [0, 0.1) is 13.8 Å². The van der Waals surface area contributed by atoms with E-state index in [1.165, 1.54) is 11.1 Å². The number of carbonyl (C=O) groups excluding carboxylic acids is 1. The Labute approximate surface area is 154 Å². The molecule has 0 radical (unpaired) electrons. The van der Waals surface area contributed by atoms with Crippen LogP contribution in [0.1, 0.15) is 32.7 Å². The van der Waals surface area contributed by atoms with Crippen molar-refractivity contribution in [3.05, 3.63) is 88.6 Å². The van der Waals surface area contributed by atoms with Crippen LogP contribution in [0.15, 0.2) is 60.7 Å². The molecule has 0 aliphatic rings. The number of nitrogen functional groups attached to an aromatic ring is 1. The molecular weight excluding hydrogens is 322 g/mol. The number of anilines is 2. The first kappa shape index (κ1) is 17.7. The Bertz CT molecular complexity index is 903. The van der Waals surface area contributed by atoms with Crippen LogP contribution in [0.2, 0.25) is 0 Å². The van der Waals surface area contributed by atoms with Crippen molar-refractivity contribution >= 4 is 17.4 Å². The molecule has 3 rings (SSSR count). The van der Waals surface area contributed by atoms with Gasteiger partial charge in [0.25, 0.3) is 5.91 Å². The van der Waals surface area contributed by atoms with Gasteiger partial charge < -0.3 is 11.1 Å². The van der Waals surface area contributed by atoms with E-state index in [2.05, 4.69) is 34.6 Å². The van der Waals surface area contributed by atoms with Crippen LogP contribution < -0.4 is 11.1 Å². The van der Waals surface area contributed by atoms with Gasteiger partial charge in [-0.3, -0.25) is 4.79 Å². The van der Waals surface area contributed by atoms with E-state index in [0.717, 1.165) is 29.8 Å². The van der Waals surface area contributed by atoms with Crippen LogP contribution in [0.25, 0.3) is 0 Å². The van der Waals surface area contributed by atoms with Crippen LogP contribution in [0.5, 0.6) is 0 Å². The monoisotopic (exact) mass is 345 g/mol. The first-order valence-electron chi connectivity index (χ1n) is 8.71. The zero-order chi connectivity index (χ0) is 18.5. The van der Waals surface area contributed by atoms with Gasteiger partial charge in [0.15, 0.2) is 0 Å². The van der Waals surface area contributed by atoms with Crippen molar-refractivity contribution in [2.24, 2.45) is 0 Å². The maximum absolute atomic E-state index is 12.5. The van der Waals surface area contributed by atoms with Crippen LogP contribution in [-0.2, 0) is 12.8 Å². The maximum Gasteiger partial charge on any atom is 0.259 e. The van der Waals surface area contributed by atoms with E-state index in [1.54, 1.807) is 6.07 Å². The van der Waals surface area contributed by atoms with Gasteiger partial charge in [-0.2, -0.15) is 0 Å². The zero-order valence-electron chi connectivity index (χ0n) is 15.1. The minimum Gasteiger partial charge on any atom is -0.383 e. The number of hydrogen-bond acceptors (Lipinski definition) is 3. The third-order valence-corrected chi connectivity index (χ3v) is 4.50. The quantitative estimate of drug-likeness (QED) is 0.724. The van der Waals surface area contributed by atoms with Gasteiger partial charge in [-0.05, 0) is 61.6 Å². The summed E-state index contributed by atoms with van der Waals surface area (Å²) in [5.74, 6) is 0.0141. The number of hydrogen-bond donors (Lipinski definition) is 2. The van der Waals surface area contributed by atoms with E-state index in [-0.39, 0.29) is 11.7 Å². The van der Waals surface area contributed by atoms with E-state index >= 15 is 0 Å². The highest BCUT2D eigenvalue weighted by Crippen LogP contribution is 2.17. The molecule has 0 aliphatic heterocycles. The summed E-state index contributed by atoms with van der Waals surface area (Å²) < 4.78 is 0. The maximum atomic E-state index is 12.5. The average Bonchev–Trinajstić information content (AvgIpc) is 2.65. The smallest absolute Gasteiger partial charge is 0.259 e. The Morgan fingerprint density at radius 2 is 1.58 bits per heavy atom. The molecule has 1 aromatic heterocycles. The summed E-state index contributed by atoms with van der Waals surface area (Å²) in [5.41, 5.74) is 11.4. The SMILES string of the molecule is Cc1cc(C(=O)Nc2ccc(CCc3ccccc3)cc2)c(N)nc1C. The lowest BCUT2D eigenvalue weighted by Gasteiger charge is -2.10. The molecule has 0 bridgehead atoms. The van der Waals surface area contributed by atoms with E-state index in [4.69, 9.17) is 5.73 Å². The Morgan fingerprint density at radius 3 is 2.23 bits per heavy atom. The van der Waals surface area contributed by atoms with E-state index in [1.807, 2.05) is 44.2 Å². The third-order valence-electron chi connectivity index (χ3n) is 4.50. The molecule has 0 fully saturated rings. The number of benzene rings is 2. The van der Waals surface area contributed by atoms with Gasteiger partial charge in [0.2, 0.25) is 0 Å². The highest BCUT2D eigenvalue weighted by atomic mass is 16.1. The van der Waals surface area contributed by atoms with Crippen LogP contribution in [0.3, 0.4) is 0 Å². The summed E-state index contributed by atoms with van der Waals surface area (Å²) in [6.45, 7) is 3.79. The number of nitrogens with one attached hydrogen (secondary N) is 1. The molecule has 4 nitrogen and oxygen atoms in total. The van der Waals surface area contributed by atoms with Crippen molar-refractivity contribution in [3.8, 4) is 0 Å². The van der Waals surface area contributed by atoms with E-state index < -0.39 is 0 Å². The predicted molar refractivity (Wildman–Crippen MR) is 106 cm³/mol. The molecule has 0 saturated carbocycles. The summed E-state index contributed by atoms with van der Waals surface area (Å²) in [6, 6.07) is 20.1. The topological polar surface area (TPSA) is 68.0 Å². The van der Waals surface area contributed by atoms with Gasteiger partial charge in [-0.15, -0.1) is 0 Å². The number of nitrogens with two attached hydrogens (primary N) is 1. The number of pyridine rings is 1. The Morgan fingerprint density at radius 1 is 0.962 bits per heavy atom. The van der Waals surface area contributed by atoms with Crippen molar-refractivity contribution in [1.29, 1.82) is 0 Å². The molecule has 2 aromatic carbocycles. The second kappa shape index (κ2) is 7.83. The molecule has 3 N–H and O–H groups in total.